The summed E-state index contributed by atoms with van der Waals surface area (Å²) in [5, 5.41) is 4.81. The van der Waals surface area contributed by atoms with E-state index in [1.165, 1.54) is 24.3 Å². The van der Waals surface area contributed by atoms with Crippen molar-refractivity contribution in [3.8, 4) is 11.5 Å². The van der Waals surface area contributed by atoms with Gasteiger partial charge in [0.25, 0.3) is 10.1 Å². The molecule has 3 rings (SSSR count). The van der Waals surface area contributed by atoms with E-state index in [4.69, 9.17) is 16.3 Å². The SMILES string of the molecule is O=C(Nc1cccc(C(F)(F)F)c1)Nc1ccc(Oc2ccc(Cl)cc2)cc1S(=O)(=O)O. The normalized spacial score (nSPS) is 11.7. The summed E-state index contributed by atoms with van der Waals surface area (Å²) in [6, 6.07) is 12.5. The first-order valence-corrected chi connectivity index (χ1v) is 10.5. The summed E-state index contributed by atoms with van der Waals surface area (Å²) in [5.74, 6) is 0.363. The molecule has 0 unspecified atom stereocenters. The number of urea groups is 1. The Morgan fingerprint density at radius 3 is 2.22 bits per heavy atom. The highest BCUT2D eigenvalue weighted by Gasteiger charge is 2.30. The fourth-order valence-corrected chi connectivity index (χ4v) is 3.37. The van der Waals surface area contributed by atoms with Crippen LogP contribution in [0.15, 0.2) is 71.6 Å². The molecule has 32 heavy (non-hydrogen) atoms. The van der Waals surface area contributed by atoms with Crippen LogP contribution in [0.1, 0.15) is 5.56 Å². The Morgan fingerprint density at radius 1 is 0.938 bits per heavy atom. The van der Waals surface area contributed by atoms with Crippen LogP contribution in [0.5, 0.6) is 11.5 Å². The summed E-state index contributed by atoms with van der Waals surface area (Å²) in [4.78, 5) is 11.5. The predicted molar refractivity (Wildman–Crippen MR) is 112 cm³/mol. The molecule has 0 saturated heterocycles. The topological polar surface area (TPSA) is 105 Å². The molecule has 12 heteroatoms. The first-order chi connectivity index (χ1) is 14.9. The molecular weight excluding hydrogens is 473 g/mol. The van der Waals surface area contributed by atoms with Crippen LogP contribution in [-0.2, 0) is 16.3 Å². The summed E-state index contributed by atoms with van der Waals surface area (Å²) >= 11 is 5.79. The minimum absolute atomic E-state index is 0.0313. The molecule has 0 saturated carbocycles. The maximum absolute atomic E-state index is 12.8. The second-order valence-electron chi connectivity index (χ2n) is 6.35. The molecular formula is C20H14ClF3N2O5S. The predicted octanol–water partition coefficient (Wildman–Crippen LogP) is 6.04. The van der Waals surface area contributed by atoms with Crippen molar-refractivity contribution >= 4 is 39.1 Å². The zero-order valence-corrected chi connectivity index (χ0v) is 17.4. The average Bonchev–Trinajstić information content (AvgIpc) is 2.69. The second kappa shape index (κ2) is 9.07. The third-order valence-corrected chi connectivity index (χ3v) is 5.12. The zero-order chi connectivity index (χ0) is 23.5. The van der Waals surface area contributed by atoms with E-state index in [0.717, 1.165) is 24.3 Å². The number of carbonyl (C=O) groups is 1. The fourth-order valence-electron chi connectivity index (χ4n) is 2.58. The third kappa shape index (κ3) is 6.13. The van der Waals surface area contributed by atoms with Gasteiger partial charge in [0.15, 0.2) is 0 Å². The van der Waals surface area contributed by atoms with Crippen molar-refractivity contribution < 1.29 is 35.7 Å². The smallest absolute Gasteiger partial charge is 0.416 e. The molecule has 0 aliphatic carbocycles. The number of ether oxygens (including phenoxy) is 1. The van der Waals surface area contributed by atoms with Gasteiger partial charge in [-0.25, -0.2) is 4.79 Å². The van der Waals surface area contributed by atoms with Gasteiger partial charge in [-0.05, 0) is 54.6 Å². The van der Waals surface area contributed by atoms with Crippen LogP contribution in [0, 0.1) is 0 Å². The van der Waals surface area contributed by atoms with Crippen molar-refractivity contribution in [1.82, 2.24) is 0 Å². The Morgan fingerprint density at radius 2 is 1.59 bits per heavy atom. The summed E-state index contributed by atoms with van der Waals surface area (Å²) in [7, 11) is -4.79. The van der Waals surface area contributed by atoms with Gasteiger partial charge >= 0.3 is 12.2 Å². The Kier molecular flexibility index (Phi) is 6.63. The minimum atomic E-state index is -4.79. The second-order valence-corrected chi connectivity index (χ2v) is 8.17. The molecule has 3 aromatic carbocycles. The van der Waals surface area contributed by atoms with Crippen LogP contribution >= 0.6 is 11.6 Å². The Balaban J connectivity index is 1.81. The van der Waals surface area contributed by atoms with Crippen LogP contribution in [0.4, 0.5) is 29.3 Å². The van der Waals surface area contributed by atoms with E-state index in [2.05, 4.69) is 10.6 Å². The van der Waals surface area contributed by atoms with Crippen LogP contribution < -0.4 is 15.4 Å². The van der Waals surface area contributed by atoms with Crippen molar-refractivity contribution in [3.05, 3.63) is 77.3 Å². The fraction of sp³-hybridized carbons (Fsp3) is 0.0500. The number of carbonyl (C=O) groups excluding carboxylic acids is 1. The van der Waals surface area contributed by atoms with Gasteiger partial charge in [0.1, 0.15) is 16.4 Å². The highest BCUT2D eigenvalue weighted by atomic mass is 35.5. The number of anilines is 2. The number of nitrogens with one attached hydrogen (secondary N) is 2. The van der Waals surface area contributed by atoms with E-state index < -0.39 is 32.8 Å². The van der Waals surface area contributed by atoms with E-state index in [1.807, 2.05) is 0 Å². The number of alkyl halides is 3. The lowest BCUT2D eigenvalue weighted by atomic mass is 10.2. The largest absolute Gasteiger partial charge is 0.457 e. The molecule has 0 radical (unpaired) electrons. The molecule has 168 valence electrons. The zero-order valence-electron chi connectivity index (χ0n) is 15.9. The first kappa shape index (κ1) is 23.4. The maximum atomic E-state index is 12.8. The van der Waals surface area contributed by atoms with Crippen molar-refractivity contribution in [2.24, 2.45) is 0 Å². The molecule has 3 aromatic rings. The van der Waals surface area contributed by atoms with Crippen molar-refractivity contribution in [2.45, 2.75) is 11.1 Å². The summed E-state index contributed by atoms with van der Waals surface area (Å²) in [5.41, 5.74) is -1.47. The van der Waals surface area contributed by atoms with E-state index in [9.17, 15) is 30.9 Å². The van der Waals surface area contributed by atoms with Crippen LogP contribution in [0.3, 0.4) is 0 Å². The van der Waals surface area contributed by atoms with Crippen LogP contribution in [0.25, 0.3) is 0 Å². The summed E-state index contributed by atoms with van der Waals surface area (Å²) < 4.78 is 77.0. The Bertz CT molecular complexity index is 1250. The van der Waals surface area contributed by atoms with Crippen LogP contribution in [0.2, 0.25) is 5.02 Å². The van der Waals surface area contributed by atoms with Gasteiger partial charge in [0.2, 0.25) is 0 Å². The van der Waals surface area contributed by atoms with E-state index in [1.54, 1.807) is 12.1 Å². The average molecular weight is 487 g/mol. The minimum Gasteiger partial charge on any atom is -0.457 e. The van der Waals surface area contributed by atoms with E-state index >= 15 is 0 Å². The standard InChI is InChI=1S/C20H14ClF3N2O5S/c21-13-4-6-15(7-5-13)31-16-8-9-17(18(11-16)32(28,29)30)26-19(27)25-14-3-1-2-12(10-14)20(22,23)24/h1-11H,(H2,25,26,27)(H,28,29,30). The molecule has 0 bridgehead atoms. The third-order valence-electron chi connectivity index (χ3n) is 3.98. The number of halogens is 4. The number of amides is 2. The van der Waals surface area contributed by atoms with Gasteiger partial charge in [-0.3, -0.25) is 4.55 Å². The molecule has 0 heterocycles. The number of hydrogen-bond acceptors (Lipinski definition) is 4. The number of benzene rings is 3. The molecule has 3 N–H and O–H groups in total. The number of hydrogen-bond donors (Lipinski definition) is 3. The molecule has 7 nitrogen and oxygen atoms in total. The lowest BCUT2D eigenvalue weighted by Crippen LogP contribution is -2.21. The lowest BCUT2D eigenvalue weighted by molar-refractivity contribution is -0.137. The highest BCUT2D eigenvalue weighted by Crippen LogP contribution is 2.32. The van der Waals surface area contributed by atoms with Gasteiger partial charge in [-0.1, -0.05) is 17.7 Å². The molecule has 0 fully saturated rings. The van der Waals surface area contributed by atoms with E-state index in [-0.39, 0.29) is 17.1 Å². The highest BCUT2D eigenvalue weighted by molar-refractivity contribution is 7.86. The van der Waals surface area contributed by atoms with Crippen molar-refractivity contribution in [3.63, 3.8) is 0 Å². The summed E-state index contributed by atoms with van der Waals surface area (Å²) in [6.07, 6.45) is -4.60. The van der Waals surface area contributed by atoms with Gasteiger partial charge in [-0.2, -0.15) is 21.6 Å². The Labute approximate surface area is 185 Å². The van der Waals surface area contributed by atoms with E-state index in [0.29, 0.717) is 16.8 Å². The van der Waals surface area contributed by atoms with Gasteiger partial charge in [0, 0.05) is 16.8 Å². The lowest BCUT2D eigenvalue weighted by Gasteiger charge is -2.13. The maximum Gasteiger partial charge on any atom is 0.416 e. The van der Waals surface area contributed by atoms with Crippen molar-refractivity contribution in [1.29, 1.82) is 0 Å². The molecule has 2 amide bonds. The molecule has 0 aliphatic heterocycles. The number of rotatable bonds is 5. The van der Waals surface area contributed by atoms with Gasteiger partial charge < -0.3 is 15.4 Å². The first-order valence-electron chi connectivity index (χ1n) is 8.72. The molecule has 0 atom stereocenters. The monoisotopic (exact) mass is 486 g/mol. The summed E-state index contributed by atoms with van der Waals surface area (Å²) in [6.45, 7) is 0. The molecule has 0 aliphatic rings. The van der Waals surface area contributed by atoms with Gasteiger partial charge in [-0.15, -0.1) is 0 Å². The quantitative estimate of drug-likeness (QED) is 0.381. The van der Waals surface area contributed by atoms with Gasteiger partial charge in [0.05, 0.1) is 11.3 Å². The molecule has 0 spiro atoms. The van der Waals surface area contributed by atoms with Crippen LogP contribution in [-0.4, -0.2) is 19.0 Å². The van der Waals surface area contributed by atoms with Crippen molar-refractivity contribution in [2.75, 3.05) is 10.6 Å². The molecule has 0 aromatic heterocycles. The Hall–Kier alpha value is -3.28.